The molecule has 112 valence electrons. The summed E-state index contributed by atoms with van der Waals surface area (Å²) in [5, 5.41) is 3.43. The lowest BCUT2D eigenvalue weighted by molar-refractivity contribution is 0.526. The van der Waals surface area contributed by atoms with Gasteiger partial charge < -0.3 is 5.32 Å². The van der Waals surface area contributed by atoms with Crippen LogP contribution in [0.4, 0.5) is 8.78 Å². The van der Waals surface area contributed by atoms with Gasteiger partial charge >= 0.3 is 0 Å². The maximum atomic E-state index is 13.9. The third-order valence-electron chi connectivity index (χ3n) is 4.00. The molecular weight excluding hydrogens is 288 g/mol. The number of fused-ring (bicyclic) bond motifs is 1. The summed E-state index contributed by atoms with van der Waals surface area (Å²) in [4.78, 5) is 2.75. The van der Waals surface area contributed by atoms with Gasteiger partial charge in [-0.25, -0.2) is 8.78 Å². The summed E-state index contributed by atoms with van der Waals surface area (Å²) < 4.78 is 26.9. The monoisotopic (exact) mass is 307 g/mol. The van der Waals surface area contributed by atoms with Crippen molar-refractivity contribution in [1.29, 1.82) is 0 Å². The molecule has 1 aliphatic carbocycles. The van der Waals surface area contributed by atoms with Gasteiger partial charge in [-0.15, -0.1) is 11.3 Å². The lowest BCUT2D eigenvalue weighted by Gasteiger charge is -2.17. The van der Waals surface area contributed by atoms with Gasteiger partial charge in [-0.05, 0) is 55.5 Å². The van der Waals surface area contributed by atoms with Crippen molar-refractivity contribution in [2.45, 2.75) is 38.6 Å². The van der Waals surface area contributed by atoms with Crippen LogP contribution in [0.1, 0.15) is 40.3 Å². The van der Waals surface area contributed by atoms with E-state index in [1.165, 1.54) is 34.2 Å². The number of nitrogens with one attached hydrogen (secondary N) is 1. The van der Waals surface area contributed by atoms with E-state index in [1.807, 2.05) is 11.3 Å². The van der Waals surface area contributed by atoms with Gasteiger partial charge in [0.05, 0.1) is 0 Å². The van der Waals surface area contributed by atoms with Gasteiger partial charge in [0.25, 0.3) is 0 Å². The van der Waals surface area contributed by atoms with E-state index in [1.54, 1.807) is 6.07 Å². The van der Waals surface area contributed by atoms with Crippen molar-refractivity contribution >= 4 is 11.3 Å². The Morgan fingerprint density at radius 2 is 2.10 bits per heavy atom. The molecule has 21 heavy (non-hydrogen) atoms. The molecule has 0 spiro atoms. The standard InChI is InChI=1S/C17H19F2NS/c1-2-20-15(8-11-6-7-13(18)10-14(11)19)17-9-12-4-3-5-16(12)21-17/h6-7,9-10,15,20H,2-5,8H2,1H3. The molecule has 0 bridgehead atoms. The lowest BCUT2D eigenvalue weighted by Crippen LogP contribution is -2.22. The number of rotatable bonds is 5. The predicted octanol–water partition coefficient (Wildman–Crippen LogP) is 4.41. The summed E-state index contributed by atoms with van der Waals surface area (Å²) in [5.41, 5.74) is 2.02. The normalized spacial score (nSPS) is 15.2. The van der Waals surface area contributed by atoms with Crippen LogP contribution in [0.15, 0.2) is 24.3 Å². The number of hydrogen-bond donors (Lipinski definition) is 1. The average molecular weight is 307 g/mol. The first kappa shape index (κ1) is 14.7. The summed E-state index contributed by atoms with van der Waals surface area (Å²) in [6, 6.07) is 6.21. The largest absolute Gasteiger partial charge is 0.309 e. The minimum Gasteiger partial charge on any atom is -0.309 e. The quantitative estimate of drug-likeness (QED) is 0.863. The highest BCUT2D eigenvalue weighted by molar-refractivity contribution is 7.12. The second kappa shape index (κ2) is 6.24. The van der Waals surface area contributed by atoms with Gasteiger partial charge in [0.2, 0.25) is 0 Å². The minimum absolute atomic E-state index is 0.102. The fraction of sp³-hybridized carbons (Fsp3) is 0.412. The SMILES string of the molecule is CCNC(Cc1ccc(F)cc1F)c1cc2c(s1)CCC2. The highest BCUT2D eigenvalue weighted by Crippen LogP contribution is 2.35. The molecule has 0 aliphatic heterocycles. The van der Waals surface area contributed by atoms with E-state index >= 15 is 0 Å². The van der Waals surface area contributed by atoms with Crippen molar-refractivity contribution in [3.05, 3.63) is 56.8 Å². The summed E-state index contributed by atoms with van der Waals surface area (Å²) in [6.45, 7) is 2.88. The van der Waals surface area contributed by atoms with Crippen LogP contribution in [0.2, 0.25) is 0 Å². The van der Waals surface area contributed by atoms with Crippen molar-refractivity contribution in [1.82, 2.24) is 5.32 Å². The second-order valence-corrected chi connectivity index (χ2v) is 6.67. The van der Waals surface area contributed by atoms with E-state index in [-0.39, 0.29) is 6.04 Å². The molecule has 1 heterocycles. The maximum absolute atomic E-state index is 13.9. The van der Waals surface area contributed by atoms with Crippen LogP contribution in [0.3, 0.4) is 0 Å². The van der Waals surface area contributed by atoms with Gasteiger partial charge in [-0.2, -0.15) is 0 Å². The Labute approximate surface area is 128 Å². The lowest BCUT2D eigenvalue weighted by atomic mass is 10.0. The topological polar surface area (TPSA) is 12.0 Å². The van der Waals surface area contributed by atoms with Gasteiger partial charge in [0.15, 0.2) is 0 Å². The molecule has 1 unspecified atom stereocenters. The molecule has 4 heteroatoms. The summed E-state index contributed by atoms with van der Waals surface area (Å²) in [7, 11) is 0. The zero-order valence-corrected chi connectivity index (χ0v) is 12.9. The van der Waals surface area contributed by atoms with Gasteiger partial charge in [-0.1, -0.05) is 13.0 Å². The summed E-state index contributed by atoms with van der Waals surface area (Å²) in [5.74, 6) is -0.978. The number of aryl methyl sites for hydroxylation is 2. The average Bonchev–Trinajstić information content (AvgIpc) is 3.02. The van der Waals surface area contributed by atoms with Crippen molar-refractivity contribution in [2.75, 3.05) is 6.54 Å². The molecule has 3 rings (SSSR count). The number of benzene rings is 1. The third kappa shape index (κ3) is 3.16. The highest BCUT2D eigenvalue weighted by Gasteiger charge is 2.21. The zero-order chi connectivity index (χ0) is 14.8. The van der Waals surface area contributed by atoms with Gasteiger partial charge in [-0.3, -0.25) is 0 Å². The number of thiophene rings is 1. The van der Waals surface area contributed by atoms with E-state index < -0.39 is 11.6 Å². The molecule has 1 nitrogen and oxygen atoms in total. The van der Waals surface area contributed by atoms with E-state index in [4.69, 9.17) is 0 Å². The molecule has 1 aromatic carbocycles. The number of halogens is 2. The smallest absolute Gasteiger partial charge is 0.129 e. The molecule has 1 aliphatic rings. The number of hydrogen-bond acceptors (Lipinski definition) is 2. The van der Waals surface area contributed by atoms with Gasteiger partial charge in [0, 0.05) is 21.9 Å². The molecule has 0 saturated heterocycles. The summed E-state index contributed by atoms with van der Waals surface area (Å²) in [6.07, 6.45) is 4.14. The molecule has 1 atom stereocenters. The molecule has 1 aromatic heterocycles. The van der Waals surface area contributed by atoms with Crippen LogP contribution in [-0.2, 0) is 19.3 Å². The molecule has 0 fully saturated rings. The Bertz CT molecular complexity index is 614. The van der Waals surface area contributed by atoms with E-state index in [9.17, 15) is 8.78 Å². The van der Waals surface area contributed by atoms with Crippen molar-refractivity contribution in [2.24, 2.45) is 0 Å². The first-order valence-electron chi connectivity index (χ1n) is 7.46. The molecule has 0 saturated carbocycles. The van der Waals surface area contributed by atoms with Crippen molar-refractivity contribution in [3.8, 4) is 0 Å². The summed E-state index contributed by atoms with van der Waals surface area (Å²) >= 11 is 1.84. The van der Waals surface area contributed by atoms with E-state index in [0.29, 0.717) is 12.0 Å². The van der Waals surface area contributed by atoms with Crippen LogP contribution in [-0.4, -0.2) is 6.54 Å². The van der Waals surface area contributed by atoms with Crippen LogP contribution in [0, 0.1) is 11.6 Å². The molecule has 0 radical (unpaired) electrons. The Balaban J connectivity index is 1.83. The molecule has 2 aromatic rings. The first-order valence-corrected chi connectivity index (χ1v) is 8.28. The fourth-order valence-electron chi connectivity index (χ4n) is 2.95. The molecular formula is C17H19F2NS. The minimum atomic E-state index is -0.522. The Kier molecular flexibility index (Phi) is 4.36. The third-order valence-corrected chi connectivity index (χ3v) is 5.35. The Hall–Kier alpha value is -1.26. The Morgan fingerprint density at radius 3 is 2.81 bits per heavy atom. The van der Waals surface area contributed by atoms with Crippen molar-refractivity contribution in [3.63, 3.8) is 0 Å². The number of likely N-dealkylation sites (N-methyl/N-ethyl adjacent to an activating group) is 1. The molecule has 0 amide bonds. The Morgan fingerprint density at radius 1 is 1.24 bits per heavy atom. The zero-order valence-electron chi connectivity index (χ0n) is 12.1. The van der Waals surface area contributed by atoms with E-state index in [2.05, 4.69) is 18.3 Å². The van der Waals surface area contributed by atoms with Crippen LogP contribution in [0.25, 0.3) is 0 Å². The van der Waals surface area contributed by atoms with E-state index in [0.717, 1.165) is 19.0 Å². The molecule has 1 N–H and O–H groups in total. The van der Waals surface area contributed by atoms with Crippen LogP contribution in [0.5, 0.6) is 0 Å². The maximum Gasteiger partial charge on any atom is 0.129 e. The van der Waals surface area contributed by atoms with Crippen LogP contribution >= 0.6 is 11.3 Å². The highest BCUT2D eigenvalue weighted by atomic mass is 32.1. The van der Waals surface area contributed by atoms with Crippen molar-refractivity contribution < 1.29 is 8.78 Å². The van der Waals surface area contributed by atoms with Gasteiger partial charge in [0.1, 0.15) is 11.6 Å². The second-order valence-electron chi connectivity index (χ2n) is 5.50. The van der Waals surface area contributed by atoms with Crippen LogP contribution < -0.4 is 5.32 Å². The predicted molar refractivity (Wildman–Crippen MR) is 82.8 cm³/mol. The first-order chi connectivity index (χ1) is 10.2. The fourth-order valence-corrected chi connectivity index (χ4v) is 4.28.